The van der Waals surface area contributed by atoms with Crippen molar-refractivity contribution in [2.24, 2.45) is 0 Å². The van der Waals surface area contributed by atoms with Crippen molar-refractivity contribution in [3.8, 4) is 0 Å². The van der Waals surface area contributed by atoms with Crippen LogP contribution in [0.2, 0.25) is 10.0 Å². The number of pyridine rings is 2. The number of amides is 1. The number of rotatable bonds is 4. The Balaban J connectivity index is 1.68. The Labute approximate surface area is 146 Å². The van der Waals surface area contributed by atoms with E-state index in [-0.39, 0.29) is 11.2 Å². The van der Waals surface area contributed by atoms with Crippen LogP contribution in [0.4, 0.5) is 5.82 Å². The summed E-state index contributed by atoms with van der Waals surface area (Å²) >= 11 is 12.9. The molecule has 3 heterocycles. The molecule has 0 radical (unpaired) electrons. The Morgan fingerprint density at radius 2 is 2.04 bits per heavy atom. The van der Waals surface area contributed by atoms with E-state index in [0.717, 1.165) is 5.52 Å². The number of hydrogen-bond acceptors (Lipinski definition) is 5. The maximum Gasteiger partial charge on any atom is 0.238 e. The quantitative estimate of drug-likeness (QED) is 0.685. The fraction of sp³-hybridized carbons (Fsp3) is 0.143. The van der Waals surface area contributed by atoms with Gasteiger partial charge in [-0.2, -0.15) is 0 Å². The number of nitrogens with zero attached hydrogens (tertiary/aromatic N) is 3. The summed E-state index contributed by atoms with van der Waals surface area (Å²) in [6, 6.07) is 5.05. The van der Waals surface area contributed by atoms with Crippen LogP contribution in [0, 0.1) is 0 Å². The highest BCUT2D eigenvalue weighted by molar-refractivity contribution is 8.00. The lowest BCUT2D eigenvalue weighted by molar-refractivity contribution is -0.115. The minimum absolute atomic E-state index is 0.184. The molecule has 3 aromatic heterocycles. The van der Waals surface area contributed by atoms with Crippen molar-refractivity contribution in [2.75, 3.05) is 5.32 Å². The van der Waals surface area contributed by atoms with Crippen molar-refractivity contribution in [3.63, 3.8) is 0 Å². The number of carbonyl (C=O) groups excluding carboxylic acids is 1. The largest absolute Gasteiger partial charge is 0.331 e. The number of hydrogen-bond donors (Lipinski definition) is 2. The second kappa shape index (κ2) is 6.74. The standard InChI is InChI=1S/C14H11Cl2N5OS/c1-7(13(22)20-11-3-2-8(15)5-17-11)23-14-19-10-4-9(16)6-18-12(10)21-14/h2-7H,1H3,(H,17,20,22)(H,18,19,21). The SMILES string of the molecule is CC(Sc1nc2ncc(Cl)cc2[nH]1)C(=O)Nc1ccc(Cl)cn1. The zero-order valence-electron chi connectivity index (χ0n) is 11.9. The van der Waals surface area contributed by atoms with Crippen LogP contribution in [0.25, 0.3) is 11.2 Å². The molecule has 3 aromatic rings. The van der Waals surface area contributed by atoms with Gasteiger partial charge in [-0.1, -0.05) is 35.0 Å². The molecule has 0 bridgehead atoms. The summed E-state index contributed by atoms with van der Waals surface area (Å²) in [4.78, 5) is 27.7. The number of carbonyl (C=O) groups is 1. The normalized spacial score (nSPS) is 12.3. The van der Waals surface area contributed by atoms with Gasteiger partial charge >= 0.3 is 0 Å². The Hall–Kier alpha value is -1.83. The van der Waals surface area contributed by atoms with E-state index in [1.165, 1.54) is 24.2 Å². The number of nitrogens with one attached hydrogen (secondary N) is 2. The molecule has 0 aliphatic carbocycles. The van der Waals surface area contributed by atoms with Gasteiger partial charge in [-0.15, -0.1) is 0 Å². The van der Waals surface area contributed by atoms with E-state index in [2.05, 4.69) is 25.3 Å². The molecular weight excluding hydrogens is 357 g/mol. The van der Waals surface area contributed by atoms with Gasteiger partial charge < -0.3 is 10.3 Å². The maximum atomic E-state index is 12.2. The monoisotopic (exact) mass is 367 g/mol. The summed E-state index contributed by atoms with van der Waals surface area (Å²) in [6.45, 7) is 1.78. The van der Waals surface area contributed by atoms with E-state index in [4.69, 9.17) is 23.2 Å². The van der Waals surface area contributed by atoms with Gasteiger partial charge in [0.15, 0.2) is 10.8 Å². The molecule has 23 heavy (non-hydrogen) atoms. The zero-order valence-corrected chi connectivity index (χ0v) is 14.2. The predicted molar refractivity (Wildman–Crippen MR) is 92.1 cm³/mol. The molecule has 0 saturated heterocycles. The maximum absolute atomic E-state index is 12.2. The third-order valence-electron chi connectivity index (χ3n) is 2.92. The summed E-state index contributed by atoms with van der Waals surface area (Å²) in [5.41, 5.74) is 1.29. The molecule has 0 aromatic carbocycles. The number of imidazole rings is 1. The molecule has 1 unspecified atom stereocenters. The first-order valence-electron chi connectivity index (χ1n) is 6.61. The average molecular weight is 368 g/mol. The first-order chi connectivity index (χ1) is 11.0. The molecular formula is C14H11Cl2N5OS. The van der Waals surface area contributed by atoms with Crippen molar-refractivity contribution in [1.29, 1.82) is 0 Å². The summed E-state index contributed by atoms with van der Waals surface area (Å²) in [5.74, 6) is 0.265. The second-order valence-electron chi connectivity index (χ2n) is 4.68. The lowest BCUT2D eigenvalue weighted by Gasteiger charge is -2.09. The van der Waals surface area contributed by atoms with Crippen molar-refractivity contribution < 1.29 is 4.79 Å². The van der Waals surface area contributed by atoms with E-state index in [9.17, 15) is 4.79 Å². The number of anilines is 1. The van der Waals surface area contributed by atoms with Crippen LogP contribution in [0.3, 0.4) is 0 Å². The highest BCUT2D eigenvalue weighted by atomic mass is 35.5. The summed E-state index contributed by atoms with van der Waals surface area (Å²) < 4.78 is 0. The molecule has 9 heteroatoms. The second-order valence-corrected chi connectivity index (χ2v) is 6.88. The van der Waals surface area contributed by atoms with Gasteiger partial charge in [-0.25, -0.2) is 15.0 Å². The molecule has 1 amide bonds. The molecule has 0 spiro atoms. The number of H-pyrrole nitrogens is 1. The highest BCUT2D eigenvalue weighted by Crippen LogP contribution is 2.24. The summed E-state index contributed by atoms with van der Waals surface area (Å²) in [7, 11) is 0. The molecule has 0 fully saturated rings. The Bertz CT molecular complexity index is 852. The van der Waals surface area contributed by atoms with Crippen molar-refractivity contribution in [3.05, 3.63) is 40.6 Å². The molecule has 6 nitrogen and oxygen atoms in total. The van der Waals surface area contributed by atoms with Crippen LogP contribution in [0.5, 0.6) is 0 Å². The van der Waals surface area contributed by atoms with E-state index in [1.807, 2.05) is 0 Å². The van der Waals surface area contributed by atoms with E-state index < -0.39 is 0 Å². The average Bonchev–Trinajstić information content (AvgIpc) is 2.90. The van der Waals surface area contributed by atoms with Crippen LogP contribution < -0.4 is 5.32 Å². The molecule has 0 aliphatic rings. The van der Waals surface area contributed by atoms with Gasteiger partial charge in [0.2, 0.25) is 5.91 Å². The van der Waals surface area contributed by atoms with E-state index in [0.29, 0.717) is 26.7 Å². The van der Waals surface area contributed by atoms with Gasteiger partial charge in [0, 0.05) is 12.4 Å². The Kier molecular flexibility index (Phi) is 4.70. The van der Waals surface area contributed by atoms with Crippen molar-refractivity contribution >= 4 is 57.9 Å². The van der Waals surface area contributed by atoms with Gasteiger partial charge in [-0.05, 0) is 25.1 Å². The first-order valence-corrected chi connectivity index (χ1v) is 8.25. The zero-order chi connectivity index (χ0) is 16.4. The number of fused-ring (bicyclic) bond motifs is 1. The summed E-state index contributed by atoms with van der Waals surface area (Å²) in [6.07, 6.45) is 3.01. The fourth-order valence-corrected chi connectivity index (χ4v) is 2.89. The highest BCUT2D eigenvalue weighted by Gasteiger charge is 2.17. The molecule has 2 N–H and O–H groups in total. The van der Waals surface area contributed by atoms with Gasteiger partial charge in [0.25, 0.3) is 0 Å². The third kappa shape index (κ3) is 3.93. The number of aromatic amines is 1. The van der Waals surface area contributed by atoms with Crippen molar-refractivity contribution in [2.45, 2.75) is 17.3 Å². The first kappa shape index (κ1) is 16.0. The van der Waals surface area contributed by atoms with E-state index in [1.54, 1.807) is 25.1 Å². The number of thioether (sulfide) groups is 1. The lowest BCUT2D eigenvalue weighted by Crippen LogP contribution is -2.23. The fourth-order valence-electron chi connectivity index (χ4n) is 1.81. The third-order valence-corrected chi connectivity index (χ3v) is 4.33. The van der Waals surface area contributed by atoms with Gasteiger partial charge in [-0.3, -0.25) is 4.79 Å². The van der Waals surface area contributed by atoms with Crippen LogP contribution >= 0.6 is 35.0 Å². The lowest BCUT2D eigenvalue weighted by atomic mass is 10.4. The van der Waals surface area contributed by atoms with Crippen LogP contribution in [0.1, 0.15) is 6.92 Å². The van der Waals surface area contributed by atoms with Crippen LogP contribution in [0.15, 0.2) is 35.7 Å². The molecule has 1 atom stereocenters. The van der Waals surface area contributed by atoms with Crippen molar-refractivity contribution in [1.82, 2.24) is 19.9 Å². The minimum Gasteiger partial charge on any atom is -0.331 e. The Morgan fingerprint density at radius 1 is 1.26 bits per heavy atom. The van der Waals surface area contributed by atoms with Gasteiger partial charge in [0.1, 0.15) is 5.82 Å². The minimum atomic E-state index is -0.372. The number of halogens is 2. The molecule has 0 aliphatic heterocycles. The predicted octanol–water partition coefficient (Wildman–Crippen LogP) is 3.78. The smallest absolute Gasteiger partial charge is 0.238 e. The van der Waals surface area contributed by atoms with E-state index >= 15 is 0 Å². The summed E-state index contributed by atoms with van der Waals surface area (Å²) in [5, 5.41) is 3.99. The number of aromatic nitrogens is 4. The molecule has 3 rings (SSSR count). The van der Waals surface area contributed by atoms with Crippen LogP contribution in [-0.2, 0) is 4.79 Å². The topological polar surface area (TPSA) is 83.6 Å². The van der Waals surface area contributed by atoms with Crippen LogP contribution in [-0.4, -0.2) is 31.1 Å². The molecule has 118 valence electrons. The van der Waals surface area contributed by atoms with Gasteiger partial charge in [0.05, 0.1) is 20.8 Å². The molecule has 0 saturated carbocycles. The Morgan fingerprint density at radius 3 is 2.78 bits per heavy atom.